The molecule has 2 aromatic heterocycles. The summed E-state index contributed by atoms with van der Waals surface area (Å²) in [6.07, 6.45) is 5.12. The van der Waals surface area contributed by atoms with E-state index in [9.17, 15) is 4.79 Å². The van der Waals surface area contributed by atoms with Crippen molar-refractivity contribution in [3.63, 3.8) is 0 Å². The molecule has 8 heteroatoms. The molecule has 1 aromatic carbocycles. The van der Waals surface area contributed by atoms with E-state index in [1.54, 1.807) is 0 Å². The van der Waals surface area contributed by atoms with Gasteiger partial charge in [-0.1, -0.05) is 18.2 Å². The van der Waals surface area contributed by atoms with Gasteiger partial charge in [0.15, 0.2) is 5.78 Å². The molecule has 2 N–H and O–H groups in total. The molecule has 1 fully saturated rings. The molecule has 1 aliphatic rings. The third-order valence-electron chi connectivity index (χ3n) is 5.59. The van der Waals surface area contributed by atoms with Crippen LogP contribution < -0.4 is 10.2 Å². The molecule has 0 bridgehead atoms. The maximum atomic E-state index is 11.5. The molecule has 4 rings (SSSR count). The molecule has 0 radical (unpaired) electrons. The third-order valence-corrected chi connectivity index (χ3v) is 5.59. The SMILES string of the molecule is Cn1nc2ccccc2c1CNCC1CCN(c2ncc(C(=O)CO)cn2)CC1. The number of rotatable bonds is 7. The number of hydrogen-bond acceptors (Lipinski definition) is 7. The molecule has 0 aliphatic carbocycles. The first-order chi connectivity index (χ1) is 14.2. The fourth-order valence-corrected chi connectivity index (χ4v) is 3.86. The minimum atomic E-state index is -0.518. The van der Waals surface area contributed by atoms with Gasteiger partial charge in [0.2, 0.25) is 5.95 Å². The van der Waals surface area contributed by atoms with Crippen molar-refractivity contribution in [3.05, 3.63) is 47.9 Å². The van der Waals surface area contributed by atoms with Gasteiger partial charge in [-0.3, -0.25) is 9.48 Å². The lowest BCUT2D eigenvalue weighted by atomic mass is 9.97. The van der Waals surface area contributed by atoms with Crippen LogP contribution in [0.15, 0.2) is 36.7 Å². The van der Waals surface area contributed by atoms with Crippen LogP contribution in [-0.2, 0) is 13.6 Å². The zero-order valence-corrected chi connectivity index (χ0v) is 16.6. The molecule has 1 aliphatic heterocycles. The number of Topliss-reactive ketones (excluding diaryl/α,β-unsaturated/α-hetero) is 1. The predicted molar refractivity (Wildman–Crippen MR) is 111 cm³/mol. The number of nitrogens with one attached hydrogen (secondary N) is 1. The number of aryl methyl sites for hydroxylation is 1. The molecule has 3 heterocycles. The zero-order valence-electron chi connectivity index (χ0n) is 16.6. The molecule has 8 nitrogen and oxygen atoms in total. The van der Waals surface area contributed by atoms with Gasteiger partial charge >= 0.3 is 0 Å². The summed E-state index contributed by atoms with van der Waals surface area (Å²) in [5.41, 5.74) is 2.59. The number of nitrogens with zero attached hydrogens (tertiary/aromatic N) is 5. The molecule has 0 amide bonds. The van der Waals surface area contributed by atoms with E-state index in [4.69, 9.17) is 5.11 Å². The van der Waals surface area contributed by atoms with Gasteiger partial charge in [0.25, 0.3) is 0 Å². The molecule has 0 unspecified atom stereocenters. The number of aliphatic hydroxyl groups excluding tert-OH is 1. The number of ketones is 1. The van der Waals surface area contributed by atoms with Crippen molar-refractivity contribution in [2.45, 2.75) is 19.4 Å². The van der Waals surface area contributed by atoms with Crippen molar-refractivity contribution in [2.75, 3.05) is 31.1 Å². The Morgan fingerprint density at radius 1 is 1.21 bits per heavy atom. The molecule has 0 atom stereocenters. The van der Waals surface area contributed by atoms with Crippen molar-refractivity contribution >= 4 is 22.6 Å². The highest BCUT2D eigenvalue weighted by Gasteiger charge is 2.21. The number of aromatic nitrogens is 4. The molecule has 152 valence electrons. The first-order valence-corrected chi connectivity index (χ1v) is 9.98. The number of benzene rings is 1. The lowest BCUT2D eigenvalue weighted by molar-refractivity contribution is 0.0903. The normalized spacial score (nSPS) is 15.2. The van der Waals surface area contributed by atoms with E-state index in [-0.39, 0.29) is 5.78 Å². The summed E-state index contributed by atoms with van der Waals surface area (Å²) in [7, 11) is 1.99. The fourth-order valence-electron chi connectivity index (χ4n) is 3.86. The molecule has 0 saturated carbocycles. The Morgan fingerprint density at radius 3 is 2.66 bits per heavy atom. The van der Waals surface area contributed by atoms with E-state index in [2.05, 4.69) is 37.4 Å². The number of aliphatic hydroxyl groups is 1. The highest BCUT2D eigenvalue weighted by molar-refractivity contribution is 5.96. The van der Waals surface area contributed by atoms with E-state index in [0.717, 1.165) is 44.5 Å². The summed E-state index contributed by atoms with van der Waals surface area (Å²) in [6, 6.07) is 8.24. The smallest absolute Gasteiger partial charge is 0.225 e. The largest absolute Gasteiger partial charge is 0.388 e. The summed E-state index contributed by atoms with van der Waals surface area (Å²) in [5, 5.41) is 18.3. The molecule has 3 aromatic rings. The first kappa shape index (κ1) is 19.5. The van der Waals surface area contributed by atoms with Crippen LogP contribution in [0.2, 0.25) is 0 Å². The Morgan fingerprint density at radius 2 is 1.93 bits per heavy atom. The van der Waals surface area contributed by atoms with Crippen molar-refractivity contribution in [1.29, 1.82) is 0 Å². The Kier molecular flexibility index (Phi) is 5.82. The second kappa shape index (κ2) is 8.67. The van der Waals surface area contributed by atoms with Crippen LogP contribution in [-0.4, -0.2) is 56.9 Å². The second-order valence-electron chi connectivity index (χ2n) is 7.50. The average molecular weight is 394 g/mol. The number of piperidine rings is 1. The van der Waals surface area contributed by atoms with Crippen molar-refractivity contribution in [3.8, 4) is 0 Å². The van der Waals surface area contributed by atoms with Crippen LogP contribution in [0, 0.1) is 5.92 Å². The second-order valence-corrected chi connectivity index (χ2v) is 7.50. The van der Waals surface area contributed by atoms with Crippen LogP contribution in [0.4, 0.5) is 5.95 Å². The monoisotopic (exact) mass is 394 g/mol. The van der Waals surface area contributed by atoms with E-state index in [0.29, 0.717) is 17.4 Å². The van der Waals surface area contributed by atoms with Crippen LogP contribution in [0.25, 0.3) is 10.9 Å². The predicted octanol–water partition coefficient (Wildman–Crippen LogP) is 1.54. The van der Waals surface area contributed by atoms with Crippen molar-refractivity contribution in [1.82, 2.24) is 25.1 Å². The van der Waals surface area contributed by atoms with Crippen LogP contribution in [0.1, 0.15) is 28.9 Å². The van der Waals surface area contributed by atoms with Gasteiger partial charge in [-0.2, -0.15) is 5.10 Å². The quantitative estimate of drug-likeness (QED) is 0.587. The van der Waals surface area contributed by atoms with Crippen molar-refractivity contribution in [2.24, 2.45) is 13.0 Å². The topological polar surface area (TPSA) is 96.2 Å². The van der Waals surface area contributed by atoms with Gasteiger partial charge in [0.1, 0.15) is 6.61 Å². The van der Waals surface area contributed by atoms with Gasteiger partial charge in [-0.05, 0) is 31.4 Å². The summed E-state index contributed by atoms with van der Waals surface area (Å²) in [4.78, 5) is 22.2. The average Bonchev–Trinajstić information content (AvgIpc) is 3.09. The van der Waals surface area contributed by atoms with Gasteiger partial charge in [0, 0.05) is 44.5 Å². The maximum absolute atomic E-state index is 11.5. The molecule has 0 spiro atoms. The fraction of sp³-hybridized carbons (Fsp3) is 0.429. The highest BCUT2D eigenvalue weighted by atomic mass is 16.3. The summed E-state index contributed by atoms with van der Waals surface area (Å²) < 4.78 is 1.96. The first-order valence-electron chi connectivity index (χ1n) is 9.98. The number of hydrogen-bond donors (Lipinski definition) is 2. The van der Waals surface area contributed by atoms with E-state index < -0.39 is 6.61 Å². The van der Waals surface area contributed by atoms with E-state index in [1.807, 2.05) is 23.9 Å². The van der Waals surface area contributed by atoms with E-state index in [1.165, 1.54) is 23.5 Å². The molecule has 1 saturated heterocycles. The minimum absolute atomic E-state index is 0.345. The third kappa shape index (κ3) is 4.28. The lowest BCUT2D eigenvalue weighted by Gasteiger charge is -2.32. The van der Waals surface area contributed by atoms with Crippen LogP contribution >= 0.6 is 0 Å². The Labute approximate surface area is 169 Å². The zero-order chi connectivity index (χ0) is 20.2. The molecular weight excluding hydrogens is 368 g/mol. The van der Waals surface area contributed by atoms with Crippen LogP contribution in [0.5, 0.6) is 0 Å². The lowest BCUT2D eigenvalue weighted by Crippen LogP contribution is -2.38. The number of carbonyl (C=O) groups is 1. The summed E-state index contributed by atoms with van der Waals surface area (Å²) >= 11 is 0. The number of carbonyl (C=O) groups excluding carboxylic acids is 1. The summed E-state index contributed by atoms with van der Waals surface area (Å²) in [6.45, 7) is 3.05. The Balaban J connectivity index is 1.27. The Hall–Kier alpha value is -2.84. The Bertz CT molecular complexity index is 977. The molecule has 29 heavy (non-hydrogen) atoms. The van der Waals surface area contributed by atoms with E-state index >= 15 is 0 Å². The van der Waals surface area contributed by atoms with Gasteiger partial charge < -0.3 is 15.3 Å². The van der Waals surface area contributed by atoms with Gasteiger partial charge in [-0.25, -0.2) is 9.97 Å². The van der Waals surface area contributed by atoms with Gasteiger partial charge in [-0.15, -0.1) is 0 Å². The summed E-state index contributed by atoms with van der Waals surface area (Å²) in [5.74, 6) is 0.899. The standard InChI is InChI=1S/C21H26N6O2/c1-26-19(17-4-2-3-5-18(17)25-26)13-22-10-15-6-8-27(9-7-15)21-23-11-16(12-24-21)20(29)14-28/h2-5,11-12,15,22,28H,6-10,13-14H2,1H3. The number of anilines is 1. The molecular formula is C21H26N6O2. The highest BCUT2D eigenvalue weighted by Crippen LogP contribution is 2.21. The maximum Gasteiger partial charge on any atom is 0.225 e. The number of fused-ring (bicyclic) bond motifs is 1. The van der Waals surface area contributed by atoms with Gasteiger partial charge in [0.05, 0.1) is 16.8 Å². The van der Waals surface area contributed by atoms with Crippen LogP contribution in [0.3, 0.4) is 0 Å². The minimum Gasteiger partial charge on any atom is -0.388 e. The van der Waals surface area contributed by atoms with Crippen molar-refractivity contribution < 1.29 is 9.90 Å².